The highest BCUT2D eigenvalue weighted by atomic mass is 32.2. The van der Waals surface area contributed by atoms with E-state index in [1.807, 2.05) is 4.72 Å². The molecule has 0 spiro atoms. The molecule has 0 aliphatic carbocycles. The first-order chi connectivity index (χ1) is 7.38. The van der Waals surface area contributed by atoms with Crippen molar-refractivity contribution in [1.82, 2.24) is 14.1 Å². The van der Waals surface area contributed by atoms with Gasteiger partial charge in [0.05, 0.1) is 6.26 Å². The molecule has 0 fully saturated rings. The van der Waals surface area contributed by atoms with Gasteiger partial charge in [0.15, 0.2) is 4.96 Å². The fourth-order valence-corrected chi connectivity index (χ4v) is 2.81. The summed E-state index contributed by atoms with van der Waals surface area (Å²) in [6, 6.07) is 0. The van der Waals surface area contributed by atoms with E-state index in [1.165, 1.54) is 0 Å². The fraction of sp³-hybridized carbons (Fsp3) is 0.250. The average Bonchev–Trinajstić information content (AvgIpc) is 2.66. The van der Waals surface area contributed by atoms with E-state index < -0.39 is 15.9 Å². The summed E-state index contributed by atoms with van der Waals surface area (Å²) in [5, 5.41) is 0. The van der Waals surface area contributed by atoms with Crippen molar-refractivity contribution in [3.63, 3.8) is 0 Å². The van der Waals surface area contributed by atoms with E-state index in [-0.39, 0.29) is 0 Å². The van der Waals surface area contributed by atoms with Crippen molar-refractivity contribution in [2.45, 2.75) is 6.92 Å². The number of fused-ring (bicyclic) bond motifs is 1. The zero-order valence-electron chi connectivity index (χ0n) is 8.59. The van der Waals surface area contributed by atoms with Gasteiger partial charge in [0.2, 0.25) is 10.0 Å². The van der Waals surface area contributed by atoms with Crippen molar-refractivity contribution < 1.29 is 13.2 Å². The normalized spacial score (nSPS) is 11.9. The van der Waals surface area contributed by atoms with Crippen LogP contribution in [-0.2, 0) is 10.0 Å². The molecule has 2 aromatic heterocycles. The van der Waals surface area contributed by atoms with Crippen molar-refractivity contribution in [3.05, 3.63) is 23.0 Å². The summed E-state index contributed by atoms with van der Waals surface area (Å²) >= 11 is 1.15. The maximum absolute atomic E-state index is 11.6. The molecule has 1 N–H and O–H groups in total. The summed E-state index contributed by atoms with van der Waals surface area (Å²) in [7, 11) is -3.53. The van der Waals surface area contributed by atoms with Crippen LogP contribution < -0.4 is 4.72 Å². The Hall–Kier alpha value is -1.41. The number of hydrogen-bond acceptors (Lipinski definition) is 5. The van der Waals surface area contributed by atoms with E-state index in [0.29, 0.717) is 15.5 Å². The van der Waals surface area contributed by atoms with Gasteiger partial charge in [-0.25, -0.2) is 18.1 Å². The molecule has 0 aliphatic rings. The van der Waals surface area contributed by atoms with Gasteiger partial charge in [-0.15, -0.1) is 0 Å². The third-order valence-corrected chi connectivity index (χ3v) is 3.70. The monoisotopic (exact) mass is 259 g/mol. The summed E-state index contributed by atoms with van der Waals surface area (Å²) in [6.07, 6.45) is 4.29. The summed E-state index contributed by atoms with van der Waals surface area (Å²) in [6.45, 7) is 1.74. The Balaban J connectivity index is 2.44. The molecule has 86 valence electrons. The highest BCUT2D eigenvalue weighted by molar-refractivity contribution is 7.89. The summed E-state index contributed by atoms with van der Waals surface area (Å²) in [4.78, 5) is 16.7. The molecule has 2 aromatic rings. The molecule has 0 bridgehead atoms. The third-order valence-electron chi connectivity index (χ3n) is 1.97. The van der Waals surface area contributed by atoms with E-state index in [0.717, 1.165) is 17.6 Å². The van der Waals surface area contributed by atoms with Gasteiger partial charge in [0.25, 0.3) is 5.91 Å². The third kappa shape index (κ3) is 1.93. The van der Waals surface area contributed by atoms with Crippen molar-refractivity contribution in [1.29, 1.82) is 0 Å². The lowest BCUT2D eigenvalue weighted by molar-refractivity contribution is 0.0984. The Labute approximate surface area is 96.0 Å². The van der Waals surface area contributed by atoms with E-state index in [1.54, 1.807) is 23.7 Å². The van der Waals surface area contributed by atoms with Crippen LogP contribution >= 0.6 is 11.3 Å². The predicted octanol–water partition coefficient (Wildman–Crippen LogP) is 0.394. The van der Waals surface area contributed by atoms with Gasteiger partial charge in [-0.2, -0.15) is 0 Å². The van der Waals surface area contributed by atoms with Crippen molar-refractivity contribution >= 4 is 32.2 Å². The Morgan fingerprint density at radius 2 is 2.25 bits per heavy atom. The van der Waals surface area contributed by atoms with Gasteiger partial charge in [-0.1, -0.05) is 11.3 Å². The molecular weight excluding hydrogens is 250 g/mol. The van der Waals surface area contributed by atoms with E-state index in [2.05, 4.69) is 4.98 Å². The lowest BCUT2D eigenvalue weighted by atomic mass is 10.4. The van der Waals surface area contributed by atoms with E-state index >= 15 is 0 Å². The maximum Gasteiger partial charge on any atom is 0.276 e. The molecule has 0 saturated carbocycles. The maximum atomic E-state index is 11.6. The summed E-state index contributed by atoms with van der Waals surface area (Å²) < 4.78 is 25.5. The molecule has 0 atom stereocenters. The number of rotatable bonds is 2. The second-order valence-electron chi connectivity index (χ2n) is 3.30. The standard InChI is InChI=1S/C8H9N3O3S2/c1-5-6(7(12)10-16(2,13)14)15-8-9-3-4-11(5)8/h3-4H,1-2H3,(H,10,12). The van der Waals surface area contributed by atoms with Gasteiger partial charge in [0, 0.05) is 18.1 Å². The average molecular weight is 259 g/mol. The molecule has 6 nitrogen and oxygen atoms in total. The largest absolute Gasteiger partial charge is 0.294 e. The number of aromatic nitrogens is 2. The van der Waals surface area contributed by atoms with Gasteiger partial charge >= 0.3 is 0 Å². The zero-order valence-corrected chi connectivity index (χ0v) is 10.2. The Morgan fingerprint density at radius 3 is 2.81 bits per heavy atom. The number of carbonyl (C=O) groups excluding carboxylic acids is 1. The number of thiazole rings is 1. The Kier molecular flexibility index (Phi) is 2.47. The first-order valence-corrected chi connectivity index (χ1v) is 7.04. The lowest BCUT2D eigenvalue weighted by Gasteiger charge is -2.00. The SMILES string of the molecule is Cc1c(C(=O)NS(C)(=O)=O)sc2nccn12. The van der Waals surface area contributed by atoms with Crippen LogP contribution in [0.5, 0.6) is 0 Å². The fourth-order valence-electron chi connectivity index (χ4n) is 1.32. The second-order valence-corrected chi connectivity index (χ2v) is 6.03. The second kappa shape index (κ2) is 3.56. The van der Waals surface area contributed by atoms with E-state index in [9.17, 15) is 13.2 Å². The number of sulfonamides is 1. The molecule has 0 aromatic carbocycles. The first-order valence-electron chi connectivity index (χ1n) is 4.33. The number of hydrogen-bond donors (Lipinski definition) is 1. The van der Waals surface area contributed by atoms with Crippen LogP contribution in [-0.4, -0.2) is 30.0 Å². The first kappa shape index (κ1) is 11.1. The zero-order chi connectivity index (χ0) is 11.9. The van der Waals surface area contributed by atoms with Crippen LogP contribution in [0.25, 0.3) is 4.96 Å². The molecule has 0 radical (unpaired) electrons. The molecule has 2 rings (SSSR count). The Bertz CT molecular complexity index is 653. The van der Waals surface area contributed by atoms with Gasteiger partial charge < -0.3 is 0 Å². The molecule has 0 aliphatic heterocycles. The number of nitrogens with one attached hydrogen (secondary N) is 1. The molecule has 1 amide bonds. The van der Waals surface area contributed by atoms with Crippen LogP contribution in [0.15, 0.2) is 12.4 Å². The minimum Gasteiger partial charge on any atom is -0.294 e. The van der Waals surface area contributed by atoms with Crippen molar-refractivity contribution in [2.24, 2.45) is 0 Å². The van der Waals surface area contributed by atoms with Gasteiger partial charge in [-0.05, 0) is 6.92 Å². The molecule has 0 unspecified atom stereocenters. The molecule has 16 heavy (non-hydrogen) atoms. The van der Waals surface area contributed by atoms with E-state index in [4.69, 9.17) is 0 Å². The minimum atomic E-state index is -3.53. The minimum absolute atomic E-state index is 0.355. The number of nitrogens with zero attached hydrogens (tertiary/aromatic N) is 2. The van der Waals surface area contributed by atoms with Crippen LogP contribution in [0.4, 0.5) is 0 Å². The number of aryl methyl sites for hydroxylation is 1. The van der Waals surface area contributed by atoms with Crippen LogP contribution in [0, 0.1) is 6.92 Å². The molecular formula is C8H9N3O3S2. The summed E-state index contributed by atoms with van der Waals surface area (Å²) in [5.74, 6) is -0.615. The lowest BCUT2D eigenvalue weighted by Crippen LogP contribution is -2.29. The van der Waals surface area contributed by atoms with Gasteiger partial charge in [0.1, 0.15) is 4.88 Å². The predicted molar refractivity (Wildman–Crippen MR) is 60.1 cm³/mol. The molecule has 2 heterocycles. The smallest absolute Gasteiger partial charge is 0.276 e. The summed E-state index contributed by atoms with van der Waals surface area (Å²) in [5.41, 5.74) is 0.679. The number of carbonyl (C=O) groups is 1. The Morgan fingerprint density at radius 1 is 1.56 bits per heavy atom. The number of amides is 1. The van der Waals surface area contributed by atoms with Gasteiger partial charge in [-0.3, -0.25) is 9.20 Å². The molecule has 0 saturated heterocycles. The highest BCUT2D eigenvalue weighted by Crippen LogP contribution is 2.21. The highest BCUT2D eigenvalue weighted by Gasteiger charge is 2.18. The quantitative estimate of drug-likeness (QED) is 0.846. The molecule has 8 heteroatoms. The van der Waals surface area contributed by atoms with Crippen molar-refractivity contribution in [3.8, 4) is 0 Å². The van der Waals surface area contributed by atoms with Crippen LogP contribution in [0.2, 0.25) is 0 Å². The van der Waals surface area contributed by atoms with Crippen LogP contribution in [0.1, 0.15) is 15.4 Å². The van der Waals surface area contributed by atoms with Crippen LogP contribution in [0.3, 0.4) is 0 Å². The topological polar surface area (TPSA) is 80.5 Å². The number of imidazole rings is 1. The van der Waals surface area contributed by atoms with Crippen molar-refractivity contribution in [2.75, 3.05) is 6.26 Å².